The molecule has 2 aromatic carbocycles. The van der Waals surface area contributed by atoms with Gasteiger partial charge in [-0.15, -0.1) is 11.8 Å². The molecule has 20 heteroatoms. The molecule has 1 N–H and O–H groups in total. The highest BCUT2D eigenvalue weighted by molar-refractivity contribution is 8.00. The Kier molecular flexibility index (Phi) is 8.60. The number of nitrogens with one attached hydrogen (secondary N) is 1. The zero-order valence-corrected chi connectivity index (χ0v) is 20.0. The maximum Gasteiger partial charge on any atom is 0.461 e. The molecule has 0 saturated carbocycles. The summed E-state index contributed by atoms with van der Waals surface area (Å²) in [5, 5.41) is 6.17. The number of hydrogen-bond acceptors (Lipinski definition) is 6. The number of anilines is 1. The van der Waals surface area contributed by atoms with E-state index < -0.39 is 76.7 Å². The molecule has 2 aromatic rings. The molecular formula is C18H9ClF10N2O5S2. The molecule has 0 atom stereocenters. The smallest absolute Gasteiger partial charge is 0.324 e. The van der Waals surface area contributed by atoms with Gasteiger partial charge in [0.2, 0.25) is 5.91 Å². The Labute approximate surface area is 214 Å². The van der Waals surface area contributed by atoms with Crippen molar-refractivity contribution in [2.75, 3.05) is 11.1 Å². The number of sulfone groups is 1. The predicted molar refractivity (Wildman–Crippen MR) is 112 cm³/mol. The van der Waals surface area contributed by atoms with Gasteiger partial charge in [-0.2, -0.15) is 43.9 Å². The number of benzene rings is 2. The third-order valence-corrected chi connectivity index (χ3v) is 7.62. The summed E-state index contributed by atoms with van der Waals surface area (Å²) in [6.07, 6.45) is -11.8. The van der Waals surface area contributed by atoms with Crippen LogP contribution in [0.4, 0.5) is 55.3 Å². The lowest BCUT2D eigenvalue weighted by Crippen LogP contribution is -2.55. The Morgan fingerprint density at radius 3 is 2.05 bits per heavy atom. The maximum absolute atomic E-state index is 13.8. The molecule has 210 valence electrons. The lowest BCUT2D eigenvalue weighted by Gasteiger charge is -2.27. The predicted octanol–water partition coefficient (Wildman–Crippen LogP) is 6.56. The number of hydrogen-bond donors (Lipinski definition) is 1. The fourth-order valence-corrected chi connectivity index (χ4v) is 4.77. The lowest BCUT2D eigenvalue weighted by atomic mass is 10.2. The zero-order chi connectivity index (χ0) is 29.5. The number of rotatable bonds is 8. The number of carbonyl (C=O) groups is 1. The molecule has 0 aliphatic rings. The van der Waals surface area contributed by atoms with Gasteiger partial charge < -0.3 is 5.32 Å². The fourth-order valence-electron chi connectivity index (χ4n) is 2.54. The van der Waals surface area contributed by atoms with Crippen molar-refractivity contribution in [1.29, 1.82) is 0 Å². The third kappa shape index (κ3) is 6.09. The van der Waals surface area contributed by atoms with Crippen LogP contribution in [-0.2, 0) is 20.8 Å². The van der Waals surface area contributed by atoms with Gasteiger partial charge in [-0.1, -0.05) is 11.6 Å². The molecule has 0 fully saturated rings. The Balaban J connectivity index is 2.33. The van der Waals surface area contributed by atoms with E-state index >= 15 is 0 Å². The molecule has 1 amide bonds. The number of nitro groups is 1. The van der Waals surface area contributed by atoms with E-state index in [9.17, 15) is 67.2 Å². The van der Waals surface area contributed by atoms with Crippen molar-refractivity contribution in [1.82, 2.24) is 0 Å². The van der Waals surface area contributed by atoms with Gasteiger partial charge in [0.1, 0.15) is 0 Å². The Hall–Kier alpha value is -2.80. The van der Waals surface area contributed by atoms with Crippen molar-refractivity contribution < 1.29 is 62.0 Å². The second-order valence-electron chi connectivity index (χ2n) is 7.01. The SMILES string of the molecule is O=C(CSc1ccc(S(=O)(=O)C(F)(F)C(F)(F)C(F)(F)F)cc1[N+](=O)[O-])Nc1cc(C(F)(F)F)ccc1Cl. The van der Waals surface area contributed by atoms with Gasteiger partial charge in [0.25, 0.3) is 15.5 Å². The summed E-state index contributed by atoms with van der Waals surface area (Å²) >= 11 is 5.94. The summed E-state index contributed by atoms with van der Waals surface area (Å²) in [6, 6.07) is 2.16. The minimum atomic E-state index is -7.07. The molecule has 0 unspecified atom stereocenters. The molecule has 0 radical (unpaired) electrons. The first kappa shape index (κ1) is 31.4. The number of nitro benzene ring substituents is 1. The van der Waals surface area contributed by atoms with Crippen LogP contribution in [0.3, 0.4) is 0 Å². The summed E-state index contributed by atoms with van der Waals surface area (Å²) in [7, 11) is -6.85. The fraction of sp³-hybridized carbons (Fsp3) is 0.278. The summed E-state index contributed by atoms with van der Waals surface area (Å²) < 4.78 is 154. The average Bonchev–Trinajstić information content (AvgIpc) is 2.77. The highest BCUT2D eigenvalue weighted by atomic mass is 35.5. The Morgan fingerprint density at radius 2 is 1.55 bits per heavy atom. The Morgan fingerprint density at radius 1 is 0.974 bits per heavy atom. The summed E-state index contributed by atoms with van der Waals surface area (Å²) in [6.45, 7) is 0. The standard InChI is InChI=1S/C18H9ClF10N2O5S2/c19-10-3-1-8(15(20,21)22)5-11(10)30-14(32)7-37-13-4-2-9(6-12(13)31(33)34)38(35,36)18(28,29)16(23,24)17(25,26)27/h1-6H,7H2,(H,30,32). The van der Waals surface area contributed by atoms with Gasteiger partial charge in [-0.25, -0.2) is 8.42 Å². The first-order chi connectivity index (χ1) is 17.0. The molecule has 7 nitrogen and oxygen atoms in total. The van der Waals surface area contributed by atoms with Crippen molar-refractivity contribution >= 4 is 50.5 Å². The van der Waals surface area contributed by atoms with Crippen molar-refractivity contribution in [2.24, 2.45) is 0 Å². The monoisotopic (exact) mass is 622 g/mol. The van der Waals surface area contributed by atoms with E-state index in [1.165, 1.54) is 0 Å². The maximum atomic E-state index is 13.8. The molecule has 0 aliphatic heterocycles. The van der Waals surface area contributed by atoms with Gasteiger partial charge in [0, 0.05) is 6.07 Å². The van der Waals surface area contributed by atoms with Crippen LogP contribution in [0.2, 0.25) is 5.02 Å². The van der Waals surface area contributed by atoms with Crippen molar-refractivity contribution in [2.45, 2.75) is 33.3 Å². The molecule has 0 aromatic heterocycles. The van der Waals surface area contributed by atoms with Crippen LogP contribution in [0.15, 0.2) is 46.2 Å². The lowest BCUT2D eigenvalue weighted by molar-refractivity contribution is -0.388. The molecule has 0 bridgehead atoms. The molecule has 0 aliphatic carbocycles. The molecule has 2 rings (SSSR count). The second kappa shape index (κ2) is 10.4. The van der Waals surface area contributed by atoms with Gasteiger partial charge in [0.05, 0.1) is 36.7 Å². The number of thioether (sulfide) groups is 1. The number of alkyl halides is 10. The van der Waals surface area contributed by atoms with Crippen LogP contribution in [0.5, 0.6) is 0 Å². The first-order valence-electron chi connectivity index (χ1n) is 9.19. The topological polar surface area (TPSA) is 106 Å². The summed E-state index contributed by atoms with van der Waals surface area (Å²) in [5.41, 5.74) is -3.06. The minimum Gasteiger partial charge on any atom is -0.324 e. The summed E-state index contributed by atoms with van der Waals surface area (Å²) in [5.74, 6) is -8.98. The van der Waals surface area contributed by atoms with Crippen molar-refractivity contribution in [3.05, 3.63) is 57.1 Å². The van der Waals surface area contributed by atoms with Gasteiger partial charge in [-0.05, 0) is 30.3 Å². The molecule has 0 spiro atoms. The molecule has 0 saturated heterocycles. The van der Waals surface area contributed by atoms with E-state index in [0.717, 1.165) is 6.07 Å². The summed E-state index contributed by atoms with van der Waals surface area (Å²) in [4.78, 5) is 19.4. The van der Waals surface area contributed by atoms with E-state index in [-0.39, 0.29) is 28.9 Å². The van der Waals surface area contributed by atoms with Crippen LogP contribution >= 0.6 is 23.4 Å². The van der Waals surface area contributed by atoms with Crippen LogP contribution in [0, 0.1) is 10.1 Å². The molecular weight excluding hydrogens is 614 g/mol. The van der Waals surface area contributed by atoms with Crippen molar-refractivity contribution in [3.8, 4) is 0 Å². The highest BCUT2D eigenvalue weighted by Crippen LogP contribution is 2.51. The average molecular weight is 623 g/mol. The van der Waals surface area contributed by atoms with E-state index in [1.807, 2.05) is 5.32 Å². The van der Waals surface area contributed by atoms with Gasteiger partial charge >= 0.3 is 23.5 Å². The van der Waals surface area contributed by atoms with Crippen LogP contribution < -0.4 is 5.32 Å². The van der Waals surface area contributed by atoms with Gasteiger partial charge in [0.15, 0.2) is 0 Å². The third-order valence-electron chi connectivity index (χ3n) is 4.42. The normalized spacial score (nSPS) is 13.3. The number of halogens is 11. The first-order valence-corrected chi connectivity index (χ1v) is 12.0. The zero-order valence-electron chi connectivity index (χ0n) is 17.6. The van der Waals surface area contributed by atoms with E-state index in [4.69, 9.17) is 11.6 Å². The number of nitrogens with zero attached hydrogens (tertiary/aromatic N) is 1. The van der Waals surface area contributed by atoms with Crippen LogP contribution in [0.25, 0.3) is 0 Å². The quantitative estimate of drug-likeness (QED) is 0.155. The minimum absolute atomic E-state index is 0.0760. The molecule has 0 heterocycles. The largest absolute Gasteiger partial charge is 0.461 e. The van der Waals surface area contributed by atoms with E-state index in [1.54, 1.807) is 0 Å². The van der Waals surface area contributed by atoms with Crippen LogP contribution in [0.1, 0.15) is 5.56 Å². The van der Waals surface area contributed by atoms with E-state index in [2.05, 4.69) is 0 Å². The number of carbonyl (C=O) groups excluding carboxylic acids is 1. The Bertz CT molecular complexity index is 1360. The molecule has 38 heavy (non-hydrogen) atoms. The second-order valence-corrected chi connectivity index (χ2v) is 10.4. The number of amides is 1. The van der Waals surface area contributed by atoms with Crippen molar-refractivity contribution in [3.63, 3.8) is 0 Å². The highest BCUT2D eigenvalue weighted by Gasteiger charge is 2.78. The van der Waals surface area contributed by atoms with Crippen LogP contribution in [-0.4, -0.2) is 42.4 Å². The van der Waals surface area contributed by atoms with Gasteiger partial charge in [-0.3, -0.25) is 14.9 Å². The van der Waals surface area contributed by atoms with E-state index in [0.29, 0.717) is 18.2 Å².